The molecule has 0 bridgehead atoms. The Hall–Kier alpha value is -3.71. The first-order valence-electron chi connectivity index (χ1n) is 11.1. The standard InChI is InChI=1S/C26H29N3O4/c1-31-25-17-19(9-12-24(25)32-16-15-29-13-5-6-14-29)28-26(30)22-11-10-21(18-23(22)27)33-20-7-3-2-4-8-20/h2-4,7-12,17-18H,5-6,13-16,27H2,1H3,(H,28,30). The van der Waals surface area contributed by atoms with Crippen molar-refractivity contribution in [3.8, 4) is 23.0 Å². The molecule has 0 unspecified atom stereocenters. The van der Waals surface area contributed by atoms with Crippen LogP contribution in [0.1, 0.15) is 23.2 Å². The van der Waals surface area contributed by atoms with Gasteiger partial charge >= 0.3 is 0 Å². The number of nitrogen functional groups attached to an aromatic ring is 1. The fourth-order valence-electron chi connectivity index (χ4n) is 3.79. The summed E-state index contributed by atoms with van der Waals surface area (Å²) in [6.45, 7) is 3.75. The van der Waals surface area contributed by atoms with Crippen LogP contribution in [0.15, 0.2) is 66.7 Å². The molecule has 0 saturated carbocycles. The van der Waals surface area contributed by atoms with Gasteiger partial charge in [-0.3, -0.25) is 9.69 Å². The van der Waals surface area contributed by atoms with E-state index in [1.165, 1.54) is 12.8 Å². The van der Waals surface area contributed by atoms with E-state index in [2.05, 4.69) is 10.2 Å². The minimum absolute atomic E-state index is 0.316. The highest BCUT2D eigenvalue weighted by Gasteiger charge is 2.15. The molecule has 0 atom stereocenters. The maximum Gasteiger partial charge on any atom is 0.257 e. The summed E-state index contributed by atoms with van der Waals surface area (Å²) in [5, 5.41) is 2.87. The smallest absolute Gasteiger partial charge is 0.257 e. The second-order valence-corrected chi connectivity index (χ2v) is 7.88. The fourth-order valence-corrected chi connectivity index (χ4v) is 3.79. The van der Waals surface area contributed by atoms with Crippen LogP contribution in [-0.2, 0) is 0 Å². The lowest BCUT2D eigenvalue weighted by molar-refractivity contribution is 0.102. The van der Waals surface area contributed by atoms with Crippen molar-refractivity contribution in [2.45, 2.75) is 12.8 Å². The number of carbonyl (C=O) groups is 1. The van der Waals surface area contributed by atoms with E-state index in [0.717, 1.165) is 19.6 Å². The van der Waals surface area contributed by atoms with E-state index in [0.29, 0.717) is 46.5 Å². The third kappa shape index (κ3) is 5.96. The normalized spacial score (nSPS) is 13.5. The Morgan fingerprint density at radius 2 is 1.76 bits per heavy atom. The third-order valence-corrected chi connectivity index (χ3v) is 5.53. The van der Waals surface area contributed by atoms with Gasteiger partial charge in [0.05, 0.1) is 12.7 Å². The largest absolute Gasteiger partial charge is 0.493 e. The predicted octanol–water partition coefficient (Wildman–Crippen LogP) is 4.80. The number of amides is 1. The average molecular weight is 448 g/mol. The van der Waals surface area contributed by atoms with Crippen molar-refractivity contribution < 1.29 is 19.0 Å². The molecule has 3 N–H and O–H groups in total. The Labute approximate surface area is 194 Å². The summed E-state index contributed by atoms with van der Waals surface area (Å²) in [7, 11) is 1.58. The summed E-state index contributed by atoms with van der Waals surface area (Å²) in [6.07, 6.45) is 2.51. The number of anilines is 2. The first-order chi connectivity index (χ1) is 16.1. The lowest BCUT2D eigenvalue weighted by Crippen LogP contribution is -2.25. The lowest BCUT2D eigenvalue weighted by atomic mass is 10.1. The van der Waals surface area contributed by atoms with Gasteiger partial charge in [0.15, 0.2) is 11.5 Å². The van der Waals surface area contributed by atoms with Crippen molar-refractivity contribution in [2.24, 2.45) is 0 Å². The number of para-hydroxylation sites is 1. The first-order valence-corrected chi connectivity index (χ1v) is 11.1. The van der Waals surface area contributed by atoms with Crippen molar-refractivity contribution >= 4 is 17.3 Å². The molecule has 4 rings (SSSR count). The van der Waals surface area contributed by atoms with Gasteiger partial charge in [0.2, 0.25) is 0 Å². The SMILES string of the molecule is COc1cc(NC(=O)c2ccc(Oc3ccccc3)cc2N)ccc1OCCN1CCCC1. The van der Waals surface area contributed by atoms with Gasteiger partial charge in [0, 0.05) is 30.1 Å². The van der Waals surface area contributed by atoms with E-state index in [9.17, 15) is 4.79 Å². The summed E-state index contributed by atoms with van der Waals surface area (Å²) >= 11 is 0. The highest BCUT2D eigenvalue weighted by Crippen LogP contribution is 2.31. The van der Waals surface area contributed by atoms with Gasteiger partial charge in [-0.1, -0.05) is 18.2 Å². The molecule has 3 aromatic carbocycles. The average Bonchev–Trinajstić information content (AvgIpc) is 3.34. The van der Waals surface area contributed by atoms with Crippen molar-refractivity contribution in [3.63, 3.8) is 0 Å². The summed E-state index contributed by atoms with van der Waals surface area (Å²) in [4.78, 5) is 15.2. The number of rotatable bonds is 9. The van der Waals surface area contributed by atoms with Crippen LogP contribution in [0.2, 0.25) is 0 Å². The summed E-state index contributed by atoms with van der Waals surface area (Å²) < 4.78 is 17.1. The highest BCUT2D eigenvalue weighted by molar-refractivity contribution is 6.08. The van der Waals surface area contributed by atoms with E-state index >= 15 is 0 Å². The quantitative estimate of drug-likeness (QED) is 0.459. The van der Waals surface area contributed by atoms with E-state index in [4.69, 9.17) is 19.9 Å². The van der Waals surface area contributed by atoms with Gasteiger partial charge in [-0.05, 0) is 62.3 Å². The number of ether oxygens (including phenoxy) is 3. The molecule has 7 nitrogen and oxygen atoms in total. The topological polar surface area (TPSA) is 86.0 Å². The van der Waals surface area contributed by atoms with Gasteiger partial charge in [0.25, 0.3) is 5.91 Å². The molecule has 0 aliphatic carbocycles. The number of nitrogens with one attached hydrogen (secondary N) is 1. The monoisotopic (exact) mass is 447 g/mol. The molecule has 172 valence electrons. The molecule has 1 amide bonds. The Morgan fingerprint density at radius 1 is 0.970 bits per heavy atom. The van der Waals surface area contributed by atoms with Gasteiger partial charge in [0.1, 0.15) is 18.1 Å². The minimum atomic E-state index is -0.316. The molecular weight excluding hydrogens is 418 g/mol. The van der Waals surface area contributed by atoms with Crippen LogP contribution in [0.25, 0.3) is 0 Å². The number of nitrogens with zero attached hydrogens (tertiary/aromatic N) is 1. The van der Waals surface area contributed by atoms with E-state index in [1.54, 1.807) is 43.5 Å². The highest BCUT2D eigenvalue weighted by atomic mass is 16.5. The van der Waals surface area contributed by atoms with E-state index < -0.39 is 0 Å². The van der Waals surface area contributed by atoms with Crippen LogP contribution in [-0.4, -0.2) is 44.2 Å². The predicted molar refractivity (Wildman–Crippen MR) is 129 cm³/mol. The number of hydrogen-bond acceptors (Lipinski definition) is 6. The van der Waals surface area contributed by atoms with Crippen LogP contribution in [0.3, 0.4) is 0 Å². The molecule has 1 saturated heterocycles. The number of carbonyl (C=O) groups excluding carboxylic acids is 1. The second-order valence-electron chi connectivity index (χ2n) is 7.88. The van der Waals surface area contributed by atoms with Crippen LogP contribution >= 0.6 is 0 Å². The van der Waals surface area contributed by atoms with E-state index in [1.807, 2.05) is 30.3 Å². The number of nitrogens with two attached hydrogens (primary N) is 1. The van der Waals surface area contributed by atoms with E-state index in [-0.39, 0.29) is 5.91 Å². The van der Waals surface area contributed by atoms with Crippen LogP contribution in [0.4, 0.5) is 11.4 Å². The Bertz CT molecular complexity index is 1080. The van der Waals surface area contributed by atoms with Crippen molar-refractivity contribution in [1.29, 1.82) is 0 Å². The Balaban J connectivity index is 1.38. The zero-order valence-electron chi connectivity index (χ0n) is 18.8. The van der Waals surface area contributed by atoms with Crippen molar-refractivity contribution in [1.82, 2.24) is 4.90 Å². The zero-order chi connectivity index (χ0) is 23.0. The number of benzene rings is 3. The molecule has 0 radical (unpaired) electrons. The van der Waals surface area contributed by atoms with Crippen LogP contribution < -0.4 is 25.3 Å². The molecular formula is C26H29N3O4. The van der Waals surface area contributed by atoms with Crippen molar-refractivity contribution in [2.75, 3.05) is 44.4 Å². The van der Waals surface area contributed by atoms with Gasteiger partial charge < -0.3 is 25.3 Å². The van der Waals surface area contributed by atoms with Crippen molar-refractivity contribution in [3.05, 3.63) is 72.3 Å². The second kappa shape index (κ2) is 10.7. The van der Waals surface area contributed by atoms with Crippen LogP contribution in [0, 0.1) is 0 Å². The molecule has 0 spiro atoms. The molecule has 1 heterocycles. The van der Waals surface area contributed by atoms with Gasteiger partial charge in [-0.25, -0.2) is 0 Å². The summed E-state index contributed by atoms with van der Waals surface area (Å²) in [5.41, 5.74) is 7.41. The fraction of sp³-hybridized carbons (Fsp3) is 0.269. The molecule has 0 aromatic heterocycles. The lowest BCUT2D eigenvalue weighted by Gasteiger charge is -2.17. The third-order valence-electron chi connectivity index (χ3n) is 5.53. The molecule has 7 heteroatoms. The molecule has 1 aliphatic rings. The summed E-state index contributed by atoms with van der Waals surface area (Å²) in [6, 6.07) is 19.7. The molecule has 3 aromatic rings. The molecule has 1 fully saturated rings. The van der Waals surface area contributed by atoms with Gasteiger partial charge in [-0.15, -0.1) is 0 Å². The number of methoxy groups -OCH3 is 1. The zero-order valence-corrected chi connectivity index (χ0v) is 18.8. The van der Waals surface area contributed by atoms with Crippen LogP contribution in [0.5, 0.6) is 23.0 Å². The Kier molecular flexibility index (Phi) is 7.32. The first kappa shape index (κ1) is 22.5. The maximum absolute atomic E-state index is 12.8. The summed E-state index contributed by atoms with van der Waals surface area (Å²) in [5.74, 6) is 2.16. The minimum Gasteiger partial charge on any atom is -0.493 e. The molecule has 1 aliphatic heterocycles. The number of likely N-dealkylation sites (tertiary alicyclic amines) is 1. The maximum atomic E-state index is 12.8. The number of hydrogen-bond donors (Lipinski definition) is 2. The van der Waals surface area contributed by atoms with Gasteiger partial charge in [-0.2, -0.15) is 0 Å². The Morgan fingerprint density at radius 3 is 2.48 bits per heavy atom. The molecule has 33 heavy (non-hydrogen) atoms.